The molecular formula is C25H25FN2O3. The summed E-state index contributed by atoms with van der Waals surface area (Å²) in [6.45, 7) is 0.0449. The van der Waals surface area contributed by atoms with Crippen molar-refractivity contribution in [3.63, 3.8) is 0 Å². The van der Waals surface area contributed by atoms with Gasteiger partial charge >= 0.3 is 5.97 Å². The van der Waals surface area contributed by atoms with Crippen LogP contribution in [-0.4, -0.2) is 30.0 Å². The van der Waals surface area contributed by atoms with Gasteiger partial charge in [0, 0.05) is 17.6 Å². The Morgan fingerprint density at radius 2 is 1.77 bits per heavy atom. The third-order valence-electron chi connectivity index (χ3n) is 5.61. The number of hydrogen-bond acceptors (Lipinski definition) is 4. The number of nitrogens with one attached hydrogen (secondary N) is 1. The average Bonchev–Trinajstić information content (AvgIpc) is 3.02. The highest BCUT2D eigenvalue weighted by Crippen LogP contribution is 2.29. The Morgan fingerprint density at radius 3 is 2.61 bits per heavy atom. The first-order chi connectivity index (χ1) is 15.1. The van der Waals surface area contributed by atoms with Gasteiger partial charge in [0.05, 0.1) is 11.1 Å². The maximum atomic E-state index is 13.0. The second-order valence-electron chi connectivity index (χ2n) is 7.79. The first-order valence-corrected chi connectivity index (χ1v) is 10.7. The summed E-state index contributed by atoms with van der Waals surface area (Å²) in [7, 11) is 0. The van der Waals surface area contributed by atoms with Crippen LogP contribution in [0.1, 0.15) is 46.4 Å². The van der Waals surface area contributed by atoms with E-state index in [0.717, 1.165) is 59.8 Å². The molecule has 0 atom stereocenters. The maximum Gasteiger partial charge on any atom is 0.339 e. The van der Waals surface area contributed by atoms with Crippen molar-refractivity contribution in [2.24, 2.45) is 0 Å². The Morgan fingerprint density at radius 1 is 1.00 bits per heavy atom. The molecule has 1 heterocycles. The first kappa shape index (κ1) is 21.0. The van der Waals surface area contributed by atoms with Crippen LogP contribution in [0.2, 0.25) is 0 Å². The van der Waals surface area contributed by atoms with Gasteiger partial charge in [0.25, 0.3) is 5.91 Å². The van der Waals surface area contributed by atoms with Crippen molar-refractivity contribution < 1.29 is 18.7 Å². The number of aromatic nitrogens is 1. The van der Waals surface area contributed by atoms with Crippen molar-refractivity contribution in [3.8, 4) is 0 Å². The number of pyridine rings is 1. The van der Waals surface area contributed by atoms with Gasteiger partial charge in [-0.15, -0.1) is 0 Å². The largest absolute Gasteiger partial charge is 0.452 e. The van der Waals surface area contributed by atoms with Crippen LogP contribution in [0.5, 0.6) is 0 Å². The number of carbonyl (C=O) groups is 2. The monoisotopic (exact) mass is 420 g/mol. The molecule has 0 aliphatic heterocycles. The van der Waals surface area contributed by atoms with E-state index < -0.39 is 5.97 Å². The second-order valence-corrected chi connectivity index (χ2v) is 7.79. The Balaban J connectivity index is 1.41. The third-order valence-corrected chi connectivity index (χ3v) is 5.61. The van der Waals surface area contributed by atoms with E-state index >= 15 is 0 Å². The van der Waals surface area contributed by atoms with Crippen LogP contribution in [0.3, 0.4) is 0 Å². The van der Waals surface area contributed by atoms with Crippen LogP contribution < -0.4 is 5.32 Å². The van der Waals surface area contributed by atoms with Crippen molar-refractivity contribution in [2.75, 3.05) is 13.2 Å². The molecule has 4 rings (SSSR count). The van der Waals surface area contributed by atoms with Gasteiger partial charge in [-0.3, -0.25) is 9.78 Å². The highest BCUT2D eigenvalue weighted by Gasteiger charge is 2.23. The molecule has 1 aliphatic carbocycles. The van der Waals surface area contributed by atoms with Crippen molar-refractivity contribution in [1.29, 1.82) is 0 Å². The molecule has 1 aromatic heterocycles. The number of fused-ring (bicyclic) bond motifs is 2. The smallest absolute Gasteiger partial charge is 0.339 e. The quantitative estimate of drug-likeness (QED) is 0.480. The number of esters is 1. The number of aryl methyl sites for hydroxylation is 1. The zero-order chi connectivity index (χ0) is 21.6. The zero-order valence-corrected chi connectivity index (χ0v) is 17.3. The topological polar surface area (TPSA) is 68.3 Å². The number of hydrogen-bond donors (Lipinski definition) is 1. The van der Waals surface area contributed by atoms with E-state index in [1.165, 1.54) is 12.1 Å². The third kappa shape index (κ3) is 5.08. The molecule has 1 N–H and O–H groups in total. The summed E-state index contributed by atoms with van der Waals surface area (Å²) in [6.07, 6.45) is 5.40. The lowest BCUT2D eigenvalue weighted by atomic mass is 9.97. The van der Waals surface area contributed by atoms with Crippen LogP contribution in [0.25, 0.3) is 10.9 Å². The van der Waals surface area contributed by atoms with Gasteiger partial charge in [-0.05, 0) is 61.4 Å². The molecule has 31 heavy (non-hydrogen) atoms. The number of benzene rings is 2. The summed E-state index contributed by atoms with van der Waals surface area (Å²) in [5.41, 5.74) is 4.16. The van der Waals surface area contributed by atoms with Gasteiger partial charge < -0.3 is 10.1 Å². The molecule has 0 saturated heterocycles. The number of carbonyl (C=O) groups excluding carboxylic acids is 2. The standard InChI is InChI=1S/C25H25FN2O3/c26-18-12-10-17(11-13-18)14-15-27-23(29)16-31-25(30)24-19-6-2-1-3-8-21(19)28-22-9-5-4-7-20(22)24/h4-5,7,9-13H,1-3,6,8,14-16H2,(H,27,29). The van der Waals surface area contributed by atoms with E-state index in [1.807, 2.05) is 24.3 Å². The van der Waals surface area contributed by atoms with Gasteiger partial charge in [-0.2, -0.15) is 0 Å². The summed E-state index contributed by atoms with van der Waals surface area (Å²) < 4.78 is 18.4. The summed E-state index contributed by atoms with van der Waals surface area (Å²) in [4.78, 5) is 30.0. The predicted octanol–water partition coefficient (Wildman–Crippen LogP) is 4.16. The molecule has 0 fully saturated rings. The number of ether oxygens (including phenoxy) is 1. The molecule has 0 saturated carbocycles. The van der Waals surface area contributed by atoms with Gasteiger partial charge in [-0.25, -0.2) is 9.18 Å². The first-order valence-electron chi connectivity index (χ1n) is 10.7. The summed E-state index contributed by atoms with van der Waals surface area (Å²) in [5, 5.41) is 3.51. The van der Waals surface area contributed by atoms with Crippen LogP contribution in [-0.2, 0) is 28.8 Å². The molecule has 0 spiro atoms. The Bertz CT molecular complexity index is 1100. The number of para-hydroxylation sites is 1. The molecule has 6 heteroatoms. The summed E-state index contributed by atoms with van der Waals surface area (Å²) in [6, 6.07) is 13.7. The van der Waals surface area contributed by atoms with Gasteiger partial charge in [0.1, 0.15) is 5.82 Å². The zero-order valence-electron chi connectivity index (χ0n) is 17.3. The van der Waals surface area contributed by atoms with Crippen LogP contribution in [0.4, 0.5) is 4.39 Å². The van der Waals surface area contributed by atoms with Crippen molar-refractivity contribution in [3.05, 3.63) is 76.7 Å². The minimum Gasteiger partial charge on any atom is -0.452 e. The van der Waals surface area contributed by atoms with Crippen molar-refractivity contribution in [1.82, 2.24) is 10.3 Å². The minimum absolute atomic E-state index is 0.291. The molecule has 3 aromatic rings. The Hall–Kier alpha value is -3.28. The molecule has 0 unspecified atom stereocenters. The number of halogens is 1. The predicted molar refractivity (Wildman–Crippen MR) is 116 cm³/mol. The average molecular weight is 420 g/mol. The number of nitrogens with zero attached hydrogens (tertiary/aromatic N) is 1. The van der Waals surface area contributed by atoms with Gasteiger partial charge in [-0.1, -0.05) is 36.8 Å². The molecule has 160 valence electrons. The number of rotatable bonds is 6. The fourth-order valence-corrected chi connectivity index (χ4v) is 4.03. The van der Waals surface area contributed by atoms with Gasteiger partial charge in [0.15, 0.2) is 6.61 Å². The van der Waals surface area contributed by atoms with Crippen LogP contribution >= 0.6 is 0 Å². The second kappa shape index (κ2) is 9.69. The van der Waals surface area contributed by atoms with E-state index in [-0.39, 0.29) is 18.3 Å². The van der Waals surface area contributed by atoms with E-state index in [2.05, 4.69) is 5.32 Å². The molecule has 1 aliphatic rings. The minimum atomic E-state index is -0.481. The Kier molecular flexibility index (Phi) is 6.55. The lowest BCUT2D eigenvalue weighted by Gasteiger charge is -2.15. The lowest BCUT2D eigenvalue weighted by Crippen LogP contribution is -2.30. The molecule has 0 bridgehead atoms. The normalized spacial score (nSPS) is 13.3. The molecule has 1 amide bonds. The van der Waals surface area contributed by atoms with E-state index in [9.17, 15) is 14.0 Å². The highest BCUT2D eigenvalue weighted by atomic mass is 19.1. The Labute approximate surface area is 180 Å². The van der Waals surface area contributed by atoms with Gasteiger partial charge in [0.2, 0.25) is 0 Å². The summed E-state index contributed by atoms with van der Waals surface area (Å²) >= 11 is 0. The fraction of sp³-hybridized carbons (Fsp3) is 0.320. The van der Waals surface area contributed by atoms with Crippen LogP contribution in [0, 0.1) is 5.82 Å². The molecular weight excluding hydrogens is 395 g/mol. The van der Waals surface area contributed by atoms with E-state index in [4.69, 9.17) is 9.72 Å². The summed E-state index contributed by atoms with van der Waals surface area (Å²) in [5.74, 6) is -1.13. The van der Waals surface area contributed by atoms with Crippen LogP contribution in [0.15, 0.2) is 48.5 Å². The lowest BCUT2D eigenvalue weighted by molar-refractivity contribution is -0.124. The number of amides is 1. The van der Waals surface area contributed by atoms with Crippen molar-refractivity contribution in [2.45, 2.75) is 38.5 Å². The molecule has 5 nitrogen and oxygen atoms in total. The maximum absolute atomic E-state index is 13.0. The van der Waals surface area contributed by atoms with E-state index in [0.29, 0.717) is 18.5 Å². The SMILES string of the molecule is O=C(COC(=O)c1c2c(nc3ccccc13)CCCCC2)NCCc1ccc(F)cc1. The fourth-order valence-electron chi connectivity index (χ4n) is 4.03. The van der Waals surface area contributed by atoms with Crippen molar-refractivity contribution >= 4 is 22.8 Å². The highest BCUT2D eigenvalue weighted by molar-refractivity contribution is 6.05. The molecule has 2 aromatic carbocycles. The van der Waals surface area contributed by atoms with E-state index in [1.54, 1.807) is 12.1 Å². The molecule has 0 radical (unpaired) electrons.